The van der Waals surface area contributed by atoms with E-state index in [0.29, 0.717) is 10.6 Å². The highest BCUT2D eigenvalue weighted by molar-refractivity contribution is 7.89. The van der Waals surface area contributed by atoms with Crippen molar-refractivity contribution < 1.29 is 22.0 Å². The zero-order chi connectivity index (χ0) is 23.5. The van der Waals surface area contributed by atoms with E-state index in [9.17, 15) is 22.0 Å². The summed E-state index contributed by atoms with van der Waals surface area (Å²) >= 11 is 17.8. The maximum atomic E-state index is 13.9. The molecule has 0 fully saturated rings. The minimum absolute atomic E-state index is 0.105. The van der Waals surface area contributed by atoms with Crippen LogP contribution in [0.3, 0.4) is 0 Å². The van der Waals surface area contributed by atoms with Crippen LogP contribution in [0.25, 0.3) is 0 Å². The summed E-state index contributed by atoms with van der Waals surface area (Å²) in [7, 11) is -4.17. The molecule has 0 bridgehead atoms. The van der Waals surface area contributed by atoms with Crippen LogP contribution in [0, 0.1) is 11.6 Å². The minimum atomic E-state index is -4.17. The molecule has 0 radical (unpaired) electrons. The zero-order valence-electron chi connectivity index (χ0n) is 16.2. The highest BCUT2D eigenvalue weighted by Crippen LogP contribution is 2.26. The molecule has 0 heterocycles. The molecule has 1 amide bonds. The Kier molecular flexibility index (Phi) is 7.74. The molecule has 0 atom stereocenters. The predicted octanol–water partition coefficient (Wildman–Crippen LogP) is 5.75. The standard InChI is InChI=1S/C21H15Cl3F2N2O3S/c22-14-2-5-16(6-3-14)32(30,31)28(11-13-1-7-17(23)18(24)9-13)12-21(29)27-20-10-15(25)4-8-19(20)26/h1-10H,11-12H2,(H,27,29). The van der Waals surface area contributed by atoms with Crippen molar-refractivity contribution in [1.82, 2.24) is 4.31 Å². The SMILES string of the molecule is O=C(CN(Cc1ccc(Cl)c(Cl)c1)S(=O)(=O)c1ccc(Cl)cc1)Nc1cc(F)ccc1F. The summed E-state index contributed by atoms with van der Waals surface area (Å²) < 4.78 is 54.6. The molecular weight excluding hydrogens is 505 g/mol. The maximum absolute atomic E-state index is 13.9. The number of hydrogen-bond donors (Lipinski definition) is 1. The largest absolute Gasteiger partial charge is 0.322 e. The Labute approximate surface area is 198 Å². The topological polar surface area (TPSA) is 66.5 Å². The van der Waals surface area contributed by atoms with Gasteiger partial charge < -0.3 is 5.32 Å². The predicted molar refractivity (Wildman–Crippen MR) is 120 cm³/mol. The van der Waals surface area contributed by atoms with Crippen LogP contribution >= 0.6 is 34.8 Å². The van der Waals surface area contributed by atoms with Crippen LogP contribution in [-0.2, 0) is 21.4 Å². The number of amides is 1. The van der Waals surface area contributed by atoms with Gasteiger partial charge >= 0.3 is 0 Å². The number of halogens is 5. The quantitative estimate of drug-likeness (QED) is 0.432. The van der Waals surface area contributed by atoms with Gasteiger partial charge in [0.25, 0.3) is 0 Å². The molecule has 1 N–H and O–H groups in total. The molecule has 0 aromatic heterocycles. The average Bonchev–Trinajstić information content (AvgIpc) is 2.73. The molecule has 0 aliphatic rings. The van der Waals surface area contributed by atoms with Crippen molar-refractivity contribution in [1.29, 1.82) is 0 Å². The van der Waals surface area contributed by atoms with Gasteiger partial charge in [0.1, 0.15) is 11.6 Å². The van der Waals surface area contributed by atoms with E-state index in [2.05, 4.69) is 5.32 Å². The third-order valence-electron chi connectivity index (χ3n) is 4.32. The second-order valence-corrected chi connectivity index (χ2v) is 9.84. The van der Waals surface area contributed by atoms with Crippen LogP contribution in [0.1, 0.15) is 5.56 Å². The molecule has 3 rings (SSSR count). The van der Waals surface area contributed by atoms with E-state index in [1.54, 1.807) is 6.07 Å². The van der Waals surface area contributed by atoms with Gasteiger partial charge in [-0.05, 0) is 54.1 Å². The van der Waals surface area contributed by atoms with Gasteiger partial charge in [-0.15, -0.1) is 0 Å². The fourth-order valence-corrected chi connectivity index (χ4v) is 4.60. The highest BCUT2D eigenvalue weighted by atomic mass is 35.5. The number of carbonyl (C=O) groups is 1. The van der Waals surface area contributed by atoms with E-state index >= 15 is 0 Å². The lowest BCUT2D eigenvalue weighted by Crippen LogP contribution is -2.37. The van der Waals surface area contributed by atoms with E-state index in [-0.39, 0.29) is 21.5 Å². The van der Waals surface area contributed by atoms with Crippen molar-refractivity contribution in [3.63, 3.8) is 0 Å². The van der Waals surface area contributed by atoms with Crippen LogP contribution in [-0.4, -0.2) is 25.2 Å². The summed E-state index contributed by atoms with van der Waals surface area (Å²) in [4.78, 5) is 12.5. The van der Waals surface area contributed by atoms with Crippen molar-refractivity contribution in [2.45, 2.75) is 11.4 Å². The number of anilines is 1. The van der Waals surface area contributed by atoms with Crippen molar-refractivity contribution in [3.05, 3.63) is 92.9 Å². The molecule has 11 heteroatoms. The average molecular weight is 520 g/mol. The van der Waals surface area contributed by atoms with Crippen molar-refractivity contribution in [3.8, 4) is 0 Å². The Hall–Kier alpha value is -2.23. The maximum Gasteiger partial charge on any atom is 0.243 e. The minimum Gasteiger partial charge on any atom is -0.322 e. The Morgan fingerprint density at radius 3 is 2.25 bits per heavy atom. The molecular formula is C21H15Cl3F2N2O3S. The normalized spacial score (nSPS) is 11.6. The molecule has 0 spiro atoms. The van der Waals surface area contributed by atoms with E-state index in [1.807, 2.05) is 0 Å². The summed E-state index contributed by atoms with van der Waals surface area (Å²) in [5, 5.41) is 3.01. The van der Waals surface area contributed by atoms with Gasteiger partial charge in [0.05, 0.1) is 27.2 Å². The van der Waals surface area contributed by atoms with E-state index in [0.717, 1.165) is 22.5 Å². The van der Waals surface area contributed by atoms with Crippen LogP contribution < -0.4 is 5.32 Å². The number of carbonyl (C=O) groups excluding carboxylic acids is 1. The molecule has 0 aliphatic carbocycles. The lowest BCUT2D eigenvalue weighted by Gasteiger charge is -2.22. The molecule has 5 nitrogen and oxygen atoms in total. The zero-order valence-corrected chi connectivity index (χ0v) is 19.2. The first-order valence-electron chi connectivity index (χ1n) is 9.01. The molecule has 0 aliphatic heterocycles. The Morgan fingerprint density at radius 1 is 0.906 bits per heavy atom. The Bertz CT molecular complexity index is 1260. The van der Waals surface area contributed by atoms with Gasteiger partial charge in [0, 0.05) is 17.6 Å². The first kappa shape index (κ1) is 24.4. The van der Waals surface area contributed by atoms with Gasteiger partial charge in [0.15, 0.2) is 0 Å². The fourth-order valence-electron chi connectivity index (χ4n) is 2.77. The van der Waals surface area contributed by atoms with Gasteiger partial charge in [-0.1, -0.05) is 40.9 Å². The highest BCUT2D eigenvalue weighted by Gasteiger charge is 2.27. The van der Waals surface area contributed by atoms with Crippen LogP contribution in [0.2, 0.25) is 15.1 Å². The lowest BCUT2D eigenvalue weighted by atomic mass is 10.2. The van der Waals surface area contributed by atoms with Crippen LogP contribution in [0.4, 0.5) is 14.5 Å². The van der Waals surface area contributed by atoms with E-state index < -0.39 is 39.8 Å². The number of sulfonamides is 1. The van der Waals surface area contributed by atoms with Crippen LogP contribution in [0.5, 0.6) is 0 Å². The van der Waals surface area contributed by atoms with Crippen molar-refractivity contribution in [2.75, 3.05) is 11.9 Å². The van der Waals surface area contributed by atoms with E-state index in [4.69, 9.17) is 34.8 Å². The summed E-state index contributed by atoms with van der Waals surface area (Å²) in [6, 6.07) is 12.4. The summed E-state index contributed by atoms with van der Waals surface area (Å²) in [5.41, 5.74) is 0.0510. The molecule has 3 aromatic carbocycles. The third kappa shape index (κ3) is 5.96. The van der Waals surface area contributed by atoms with E-state index in [1.165, 1.54) is 36.4 Å². The summed E-state index contributed by atoms with van der Waals surface area (Å²) in [6.45, 7) is -0.915. The number of nitrogens with zero attached hydrogens (tertiary/aromatic N) is 1. The third-order valence-corrected chi connectivity index (χ3v) is 7.11. The number of nitrogens with one attached hydrogen (secondary N) is 1. The molecule has 32 heavy (non-hydrogen) atoms. The Morgan fingerprint density at radius 2 is 1.59 bits per heavy atom. The lowest BCUT2D eigenvalue weighted by molar-refractivity contribution is -0.116. The van der Waals surface area contributed by atoms with Gasteiger partial charge in [-0.3, -0.25) is 4.79 Å². The van der Waals surface area contributed by atoms with Gasteiger partial charge in [-0.2, -0.15) is 4.31 Å². The molecule has 0 unspecified atom stereocenters. The van der Waals surface area contributed by atoms with Crippen LogP contribution in [0.15, 0.2) is 65.6 Å². The molecule has 0 saturated carbocycles. The number of benzene rings is 3. The van der Waals surface area contributed by atoms with Crippen molar-refractivity contribution >= 4 is 56.4 Å². The first-order valence-corrected chi connectivity index (χ1v) is 11.6. The molecule has 168 valence electrons. The molecule has 0 saturated heterocycles. The second-order valence-electron chi connectivity index (χ2n) is 6.65. The van der Waals surface area contributed by atoms with Gasteiger partial charge in [0.2, 0.25) is 15.9 Å². The number of rotatable bonds is 7. The monoisotopic (exact) mass is 518 g/mol. The molecule has 3 aromatic rings. The van der Waals surface area contributed by atoms with Crippen molar-refractivity contribution in [2.24, 2.45) is 0 Å². The summed E-state index contributed by atoms with van der Waals surface area (Å²) in [5.74, 6) is -2.49. The summed E-state index contributed by atoms with van der Waals surface area (Å²) in [6.07, 6.45) is 0. The number of hydrogen-bond acceptors (Lipinski definition) is 3. The van der Waals surface area contributed by atoms with Gasteiger partial charge in [-0.25, -0.2) is 17.2 Å². The Balaban J connectivity index is 1.92. The fraction of sp³-hybridized carbons (Fsp3) is 0.0952. The smallest absolute Gasteiger partial charge is 0.243 e. The second kappa shape index (κ2) is 10.1. The first-order chi connectivity index (χ1) is 15.1.